The lowest BCUT2D eigenvalue weighted by Gasteiger charge is -2.29. The lowest BCUT2D eigenvalue weighted by atomic mass is 10.0. The van der Waals surface area contributed by atoms with Crippen LogP contribution in [-0.2, 0) is 9.47 Å². The standard InChI is InChI=1S/C8H14O3/c1-5-4-7(10-3)11-6(2)8(5)9/h4,6-9H,1-3H3/t6-,7+,8-/m0/s1. The molecule has 0 aromatic carbocycles. The average Bonchev–Trinajstić information content (AvgIpc) is 1.99. The normalized spacial score (nSPS) is 38.5. The van der Waals surface area contributed by atoms with Crippen molar-refractivity contribution in [1.82, 2.24) is 0 Å². The lowest BCUT2D eigenvalue weighted by Crippen LogP contribution is -2.36. The molecule has 1 rings (SSSR count). The van der Waals surface area contributed by atoms with Gasteiger partial charge in [0.25, 0.3) is 0 Å². The molecule has 0 bridgehead atoms. The predicted molar refractivity (Wildman–Crippen MR) is 41.1 cm³/mol. The van der Waals surface area contributed by atoms with Crippen LogP contribution in [0.25, 0.3) is 0 Å². The smallest absolute Gasteiger partial charge is 0.177 e. The van der Waals surface area contributed by atoms with E-state index in [1.54, 1.807) is 13.2 Å². The number of hydrogen-bond acceptors (Lipinski definition) is 3. The third-order valence-electron chi connectivity index (χ3n) is 1.89. The first-order valence-corrected chi connectivity index (χ1v) is 3.69. The van der Waals surface area contributed by atoms with Gasteiger partial charge in [0, 0.05) is 7.11 Å². The van der Waals surface area contributed by atoms with Crippen LogP contribution in [0.4, 0.5) is 0 Å². The van der Waals surface area contributed by atoms with Crippen molar-refractivity contribution >= 4 is 0 Å². The fourth-order valence-corrected chi connectivity index (χ4v) is 1.13. The summed E-state index contributed by atoms with van der Waals surface area (Å²) in [6.07, 6.45) is 0.824. The Bertz CT molecular complexity index is 165. The van der Waals surface area contributed by atoms with Gasteiger partial charge in [-0.3, -0.25) is 0 Å². The second-order valence-corrected chi connectivity index (χ2v) is 2.80. The highest BCUT2D eigenvalue weighted by Gasteiger charge is 2.25. The average molecular weight is 158 g/mol. The van der Waals surface area contributed by atoms with Crippen LogP contribution >= 0.6 is 0 Å². The van der Waals surface area contributed by atoms with Crippen molar-refractivity contribution in [2.24, 2.45) is 0 Å². The van der Waals surface area contributed by atoms with Crippen LogP contribution in [0, 0.1) is 0 Å². The molecule has 0 aromatic heterocycles. The Balaban J connectivity index is 2.68. The Morgan fingerprint density at radius 3 is 2.73 bits per heavy atom. The van der Waals surface area contributed by atoms with E-state index in [0.29, 0.717) is 0 Å². The van der Waals surface area contributed by atoms with Crippen molar-refractivity contribution < 1.29 is 14.6 Å². The molecule has 64 valence electrons. The summed E-state index contributed by atoms with van der Waals surface area (Å²) in [6, 6.07) is 0. The van der Waals surface area contributed by atoms with E-state index in [1.807, 2.05) is 13.8 Å². The SMILES string of the molecule is CO[C@H]1C=C(C)[C@H](O)[C@H](C)O1. The molecule has 11 heavy (non-hydrogen) atoms. The van der Waals surface area contributed by atoms with Gasteiger partial charge >= 0.3 is 0 Å². The molecule has 3 nitrogen and oxygen atoms in total. The summed E-state index contributed by atoms with van der Waals surface area (Å²) >= 11 is 0. The first kappa shape index (κ1) is 8.71. The topological polar surface area (TPSA) is 38.7 Å². The summed E-state index contributed by atoms with van der Waals surface area (Å²) in [5, 5.41) is 9.41. The molecule has 1 N–H and O–H groups in total. The minimum Gasteiger partial charge on any atom is -0.386 e. The molecular weight excluding hydrogens is 144 g/mol. The van der Waals surface area contributed by atoms with Crippen molar-refractivity contribution in [2.45, 2.75) is 32.3 Å². The van der Waals surface area contributed by atoms with Crippen LogP contribution in [0.15, 0.2) is 11.6 Å². The number of hydrogen-bond donors (Lipinski definition) is 1. The van der Waals surface area contributed by atoms with Gasteiger partial charge in [0.15, 0.2) is 6.29 Å². The zero-order chi connectivity index (χ0) is 8.43. The lowest BCUT2D eigenvalue weighted by molar-refractivity contribution is -0.154. The fraction of sp³-hybridized carbons (Fsp3) is 0.750. The summed E-state index contributed by atoms with van der Waals surface area (Å²) in [5.74, 6) is 0. The van der Waals surface area contributed by atoms with Crippen LogP contribution in [-0.4, -0.2) is 30.7 Å². The molecule has 0 radical (unpaired) electrons. The monoisotopic (exact) mass is 158 g/mol. The minimum atomic E-state index is -0.485. The second-order valence-electron chi connectivity index (χ2n) is 2.80. The van der Waals surface area contributed by atoms with Crippen LogP contribution in [0.1, 0.15) is 13.8 Å². The van der Waals surface area contributed by atoms with Crippen LogP contribution in [0.3, 0.4) is 0 Å². The highest BCUT2D eigenvalue weighted by atomic mass is 16.7. The summed E-state index contributed by atoms with van der Waals surface area (Å²) in [6.45, 7) is 3.70. The molecular formula is C8H14O3. The molecule has 0 amide bonds. The zero-order valence-electron chi connectivity index (χ0n) is 7.07. The molecule has 1 heterocycles. The molecule has 0 aromatic rings. The van der Waals surface area contributed by atoms with Crippen molar-refractivity contribution in [3.8, 4) is 0 Å². The van der Waals surface area contributed by atoms with E-state index in [0.717, 1.165) is 5.57 Å². The second kappa shape index (κ2) is 3.34. The van der Waals surface area contributed by atoms with E-state index in [1.165, 1.54) is 0 Å². The quantitative estimate of drug-likeness (QED) is 0.570. The van der Waals surface area contributed by atoms with E-state index in [-0.39, 0.29) is 12.4 Å². The minimum absolute atomic E-state index is 0.176. The summed E-state index contributed by atoms with van der Waals surface area (Å²) in [4.78, 5) is 0. The maximum absolute atomic E-state index is 9.41. The van der Waals surface area contributed by atoms with Crippen LogP contribution < -0.4 is 0 Å². The Labute approximate surface area is 66.6 Å². The van der Waals surface area contributed by atoms with Crippen molar-refractivity contribution in [2.75, 3.05) is 7.11 Å². The van der Waals surface area contributed by atoms with Gasteiger partial charge in [-0.2, -0.15) is 0 Å². The molecule has 1 aliphatic rings. The fourth-order valence-electron chi connectivity index (χ4n) is 1.13. The molecule has 3 heteroatoms. The summed E-state index contributed by atoms with van der Waals surface area (Å²) in [5.41, 5.74) is 0.913. The Morgan fingerprint density at radius 1 is 1.64 bits per heavy atom. The third-order valence-corrected chi connectivity index (χ3v) is 1.89. The Kier molecular flexibility index (Phi) is 2.65. The van der Waals surface area contributed by atoms with Gasteiger partial charge in [-0.25, -0.2) is 0 Å². The van der Waals surface area contributed by atoms with Gasteiger partial charge in [-0.05, 0) is 25.5 Å². The molecule has 1 aliphatic heterocycles. The van der Waals surface area contributed by atoms with Crippen molar-refractivity contribution in [1.29, 1.82) is 0 Å². The maximum Gasteiger partial charge on any atom is 0.177 e. The van der Waals surface area contributed by atoms with E-state index < -0.39 is 6.10 Å². The van der Waals surface area contributed by atoms with E-state index in [2.05, 4.69) is 0 Å². The summed E-state index contributed by atoms with van der Waals surface area (Å²) in [7, 11) is 1.58. The van der Waals surface area contributed by atoms with Gasteiger partial charge < -0.3 is 14.6 Å². The largest absolute Gasteiger partial charge is 0.386 e. The molecule has 3 atom stereocenters. The predicted octanol–water partition coefficient (Wildman–Crippen LogP) is 0.685. The molecule has 0 spiro atoms. The molecule has 0 saturated heterocycles. The Morgan fingerprint density at radius 2 is 2.27 bits per heavy atom. The number of ether oxygens (including phenoxy) is 2. The first-order chi connectivity index (χ1) is 5.15. The van der Waals surface area contributed by atoms with E-state index >= 15 is 0 Å². The molecule has 0 aliphatic carbocycles. The highest BCUT2D eigenvalue weighted by molar-refractivity contribution is 5.11. The molecule has 0 saturated carbocycles. The number of rotatable bonds is 1. The van der Waals surface area contributed by atoms with E-state index in [4.69, 9.17) is 9.47 Å². The zero-order valence-corrected chi connectivity index (χ0v) is 7.07. The molecule has 0 fully saturated rings. The highest BCUT2D eigenvalue weighted by Crippen LogP contribution is 2.18. The van der Waals surface area contributed by atoms with Crippen LogP contribution in [0.2, 0.25) is 0 Å². The van der Waals surface area contributed by atoms with Gasteiger partial charge in [-0.1, -0.05) is 0 Å². The maximum atomic E-state index is 9.41. The number of aliphatic hydroxyl groups excluding tert-OH is 1. The van der Waals surface area contributed by atoms with Crippen LogP contribution in [0.5, 0.6) is 0 Å². The van der Waals surface area contributed by atoms with Gasteiger partial charge in [0.05, 0.1) is 6.10 Å². The number of aliphatic hydroxyl groups is 1. The molecule has 0 unspecified atom stereocenters. The van der Waals surface area contributed by atoms with Crippen molar-refractivity contribution in [3.05, 3.63) is 11.6 Å². The summed E-state index contributed by atoms with van der Waals surface area (Å²) < 4.78 is 10.2. The van der Waals surface area contributed by atoms with Gasteiger partial charge in [0.1, 0.15) is 6.10 Å². The van der Waals surface area contributed by atoms with Gasteiger partial charge in [-0.15, -0.1) is 0 Å². The van der Waals surface area contributed by atoms with Gasteiger partial charge in [0.2, 0.25) is 0 Å². The number of methoxy groups -OCH3 is 1. The van der Waals surface area contributed by atoms with Crippen molar-refractivity contribution in [3.63, 3.8) is 0 Å². The Hall–Kier alpha value is -0.380. The first-order valence-electron chi connectivity index (χ1n) is 3.69. The third kappa shape index (κ3) is 1.80. The van der Waals surface area contributed by atoms with E-state index in [9.17, 15) is 5.11 Å².